The fourth-order valence-electron chi connectivity index (χ4n) is 2.82. The molecule has 1 N–H and O–H groups in total. The van der Waals surface area contributed by atoms with Crippen LogP contribution in [0.25, 0.3) is 11.3 Å². The maximum Gasteiger partial charge on any atom is 0.263 e. The maximum absolute atomic E-state index is 12.2. The number of anilines is 1. The highest BCUT2D eigenvalue weighted by atomic mass is 16.6. The smallest absolute Gasteiger partial charge is 0.263 e. The van der Waals surface area contributed by atoms with Crippen LogP contribution in [-0.4, -0.2) is 29.9 Å². The van der Waals surface area contributed by atoms with Crippen LogP contribution in [0.1, 0.15) is 16.7 Å². The minimum atomic E-state index is -0.351. The van der Waals surface area contributed by atoms with E-state index in [4.69, 9.17) is 14.1 Å². The minimum absolute atomic E-state index is 0.142. The highest BCUT2D eigenvalue weighted by molar-refractivity contribution is 5.94. The van der Waals surface area contributed by atoms with E-state index < -0.39 is 0 Å². The van der Waals surface area contributed by atoms with Crippen molar-refractivity contribution in [2.45, 2.75) is 20.8 Å². The monoisotopic (exact) mass is 367 g/mol. The molecule has 7 heteroatoms. The van der Waals surface area contributed by atoms with Crippen molar-refractivity contribution in [3.8, 4) is 22.8 Å². The third-order valence-electron chi connectivity index (χ3n) is 3.98. The molecule has 1 heterocycles. The quantitative estimate of drug-likeness (QED) is 0.715. The van der Waals surface area contributed by atoms with Crippen molar-refractivity contribution in [2.24, 2.45) is 0 Å². The Balaban J connectivity index is 1.69. The predicted octanol–water partition coefficient (Wildman–Crippen LogP) is 3.69. The first kappa shape index (κ1) is 18.4. The lowest BCUT2D eigenvalue weighted by molar-refractivity contribution is -0.118. The molecule has 0 aliphatic heterocycles. The van der Waals surface area contributed by atoms with Gasteiger partial charge in [0, 0.05) is 5.56 Å². The van der Waals surface area contributed by atoms with Gasteiger partial charge in [0.1, 0.15) is 11.5 Å². The number of ether oxygens (including phenoxy) is 2. The maximum atomic E-state index is 12.2. The average Bonchev–Trinajstić information content (AvgIpc) is 3.07. The number of methoxy groups -OCH3 is 1. The van der Waals surface area contributed by atoms with Crippen LogP contribution in [-0.2, 0) is 4.79 Å². The van der Waals surface area contributed by atoms with Gasteiger partial charge in [-0.1, -0.05) is 6.07 Å². The number of aryl methyl sites for hydroxylation is 3. The normalized spacial score (nSPS) is 10.5. The van der Waals surface area contributed by atoms with Crippen molar-refractivity contribution in [1.29, 1.82) is 0 Å². The number of carbonyl (C=O) groups is 1. The Morgan fingerprint density at radius 2 is 1.81 bits per heavy atom. The van der Waals surface area contributed by atoms with Gasteiger partial charge in [0.25, 0.3) is 5.91 Å². The summed E-state index contributed by atoms with van der Waals surface area (Å²) in [5.74, 6) is 1.31. The third-order valence-corrected chi connectivity index (χ3v) is 3.98. The minimum Gasteiger partial charge on any atom is -0.496 e. The van der Waals surface area contributed by atoms with Crippen LogP contribution < -0.4 is 14.8 Å². The van der Waals surface area contributed by atoms with Crippen molar-refractivity contribution in [3.63, 3.8) is 0 Å². The van der Waals surface area contributed by atoms with Gasteiger partial charge in [-0.25, -0.2) is 4.63 Å². The van der Waals surface area contributed by atoms with E-state index >= 15 is 0 Å². The topological polar surface area (TPSA) is 86.5 Å². The second-order valence-corrected chi connectivity index (χ2v) is 6.31. The van der Waals surface area contributed by atoms with Crippen LogP contribution in [0.4, 0.5) is 5.82 Å². The first-order valence-electron chi connectivity index (χ1n) is 8.45. The zero-order valence-corrected chi connectivity index (χ0v) is 15.7. The highest BCUT2D eigenvalue weighted by Gasteiger charge is 2.16. The zero-order valence-electron chi connectivity index (χ0n) is 15.7. The van der Waals surface area contributed by atoms with E-state index in [0.29, 0.717) is 11.4 Å². The molecule has 7 nitrogen and oxygen atoms in total. The molecule has 140 valence electrons. The second-order valence-electron chi connectivity index (χ2n) is 6.31. The van der Waals surface area contributed by atoms with Gasteiger partial charge in [-0.15, -0.1) is 0 Å². The van der Waals surface area contributed by atoms with Crippen LogP contribution in [0, 0.1) is 20.8 Å². The van der Waals surface area contributed by atoms with E-state index in [0.717, 1.165) is 28.0 Å². The first-order valence-corrected chi connectivity index (χ1v) is 8.45. The molecule has 0 bridgehead atoms. The van der Waals surface area contributed by atoms with Gasteiger partial charge in [0.05, 0.1) is 7.11 Å². The molecule has 0 atom stereocenters. The molecule has 0 unspecified atom stereocenters. The Hall–Kier alpha value is -3.35. The highest BCUT2D eigenvalue weighted by Crippen LogP contribution is 2.28. The molecule has 0 aliphatic carbocycles. The first-order chi connectivity index (χ1) is 13.0. The second kappa shape index (κ2) is 7.90. The number of amides is 1. The van der Waals surface area contributed by atoms with Crippen LogP contribution in [0.5, 0.6) is 11.5 Å². The van der Waals surface area contributed by atoms with Crippen LogP contribution in [0.3, 0.4) is 0 Å². The lowest BCUT2D eigenvalue weighted by Gasteiger charge is -2.09. The van der Waals surface area contributed by atoms with Gasteiger partial charge in [0.15, 0.2) is 12.3 Å². The Morgan fingerprint density at radius 3 is 2.48 bits per heavy atom. The van der Waals surface area contributed by atoms with E-state index in [-0.39, 0.29) is 18.3 Å². The molecule has 3 rings (SSSR count). The molecule has 0 saturated carbocycles. The van der Waals surface area contributed by atoms with E-state index in [1.807, 2.05) is 57.2 Å². The van der Waals surface area contributed by atoms with Crippen molar-refractivity contribution in [1.82, 2.24) is 10.3 Å². The molecule has 27 heavy (non-hydrogen) atoms. The number of rotatable bonds is 6. The summed E-state index contributed by atoms with van der Waals surface area (Å²) in [6, 6.07) is 11.3. The lowest BCUT2D eigenvalue weighted by atomic mass is 10.1. The zero-order chi connectivity index (χ0) is 19.4. The SMILES string of the molecule is COc1ccc(-c2nonc2NC(=O)COc2cc(C)cc(C)c2)cc1C. The van der Waals surface area contributed by atoms with Gasteiger partial charge in [-0.2, -0.15) is 0 Å². The van der Waals surface area contributed by atoms with Crippen molar-refractivity contribution >= 4 is 11.7 Å². The Labute approximate surface area is 157 Å². The van der Waals surface area contributed by atoms with Gasteiger partial charge in [0.2, 0.25) is 5.82 Å². The number of aromatic nitrogens is 2. The molecule has 0 aliphatic rings. The van der Waals surface area contributed by atoms with E-state index in [1.54, 1.807) is 7.11 Å². The largest absolute Gasteiger partial charge is 0.496 e. The molecular formula is C20H21N3O4. The number of carbonyl (C=O) groups excluding carboxylic acids is 1. The Bertz CT molecular complexity index is 945. The summed E-state index contributed by atoms with van der Waals surface area (Å²) in [6.07, 6.45) is 0. The van der Waals surface area contributed by atoms with Crippen molar-refractivity contribution in [3.05, 3.63) is 53.1 Å². The number of hydrogen-bond donors (Lipinski definition) is 1. The van der Waals surface area contributed by atoms with Crippen LogP contribution in [0.15, 0.2) is 41.0 Å². The predicted molar refractivity (Wildman–Crippen MR) is 101 cm³/mol. The summed E-state index contributed by atoms with van der Waals surface area (Å²) < 4.78 is 15.6. The van der Waals surface area contributed by atoms with Crippen LogP contribution >= 0.6 is 0 Å². The Morgan fingerprint density at radius 1 is 1.07 bits per heavy atom. The van der Waals surface area contributed by atoms with E-state index in [2.05, 4.69) is 15.6 Å². The van der Waals surface area contributed by atoms with Crippen molar-refractivity contribution in [2.75, 3.05) is 19.0 Å². The third kappa shape index (κ3) is 4.44. The van der Waals surface area contributed by atoms with Gasteiger partial charge in [-0.3, -0.25) is 4.79 Å². The van der Waals surface area contributed by atoms with Crippen LogP contribution in [0.2, 0.25) is 0 Å². The molecule has 1 amide bonds. The molecule has 3 aromatic rings. The van der Waals surface area contributed by atoms with Gasteiger partial charge >= 0.3 is 0 Å². The summed E-state index contributed by atoms with van der Waals surface area (Å²) in [6.45, 7) is 5.73. The number of nitrogens with zero attached hydrogens (tertiary/aromatic N) is 2. The molecular weight excluding hydrogens is 346 g/mol. The molecule has 1 aromatic heterocycles. The number of hydrogen-bond acceptors (Lipinski definition) is 6. The van der Waals surface area contributed by atoms with Gasteiger partial charge < -0.3 is 14.8 Å². The fourth-order valence-corrected chi connectivity index (χ4v) is 2.82. The fraction of sp³-hybridized carbons (Fsp3) is 0.250. The van der Waals surface area contributed by atoms with E-state index in [1.165, 1.54) is 0 Å². The summed E-state index contributed by atoms with van der Waals surface area (Å²) in [5.41, 5.74) is 4.29. The number of benzene rings is 2. The summed E-state index contributed by atoms with van der Waals surface area (Å²) in [5, 5.41) is 10.4. The average molecular weight is 367 g/mol. The summed E-state index contributed by atoms with van der Waals surface area (Å²) >= 11 is 0. The molecule has 0 radical (unpaired) electrons. The lowest BCUT2D eigenvalue weighted by Crippen LogP contribution is -2.20. The molecule has 0 spiro atoms. The Kier molecular flexibility index (Phi) is 5.40. The van der Waals surface area contributed by atoms with Crippen molar-refractivity contribution < 1.29 is 18.9 Å². The van der Waals surface area contributed by atoms with Gasteiger partial charge in [-0.05, 0) is 78.1 Å². The van der Waals surface area contributed by atoms with E-state index in [9.17, 15) is 4.79 Å². The molecule has 0 fully saturated rings. The molecule has 2 aromatic carbocycles. The number of nitrogens with one attached hydrogen (secondary N) is 1. The summed E-state index contributed by atoms with van der Waals surface area (Å²) in [4.78, 5) is 12.2. The summed E-state index contributed by atoms with van der Waals surface area (Å²) in [7, 11) is 1.61. The molecule has 0 saturated heterocycles. The standard InChI is InChI=1S/C20H21N3O4/c1-12-7-13(2)9-16(8-12)26-11-18(24)21-20-19(22-27-23-20)15-5-6-17(25-4)14(3)10-15/h5-10H,11H2,1-4H3,(H,21,23,24).